The molecule has 0 spiro atoms. The van der Waals surface area contributed by atoms with Crippen molar-refractivity contribution in [3.8, 4) is 0 Å². The van der Waals surface area contributed by atoms with Gasteiger partial charge >= 0.3 is 0 Å². The molecule has 5 aromatic rings. The van der Waals surface area contributed by atoms with Gasteiger partial charge in [0.1, 0.15) is 30.3 Å². The Morgan fingerprint density at radius 3 is 1.94 bits per heavy atom. The molecule has 5 atom stereocenters. The Bertz CT molecular complexity index is 2380. The van der Waals surface area contributed by atoms with Gasteiger partial charge in [0, 0.05) is 44.1 Å². The Morgan fingerprint density at radius 2 is 1.30 bits per heavy atom. The molecule has 4 aromatic carbocycles. The molecule has 1 aromatic heterocycles. The zero-order valence-corrected chi connectivity index (χ0v) is 38.8. The fraction of sp³-hybridized carbons (Fsp3) is 0.404. The van der Waals surface area contributed by atoms with Crippen LogP contribution in [0.15, 0.2) is 121 Å². The lowest BCUT2D eigenvalue weighted by molar-refractivity contribution is -0.143. The molecule has 0 radical (unpaired) electrons. The van der Waals surface area contributed by atoms with Crippen molar-refractivity contribution >= 4 is 59.0 Å². The first kappa shape index (κ1) is 46.1. The van der Waals surface area contributed by atoms with Gasteiger partial charge in [-0.2, -0.15) is 0 Å². The number of unbranched alkanes of at least 4 members (excludes halogenated alkanes) is 2. The molecule has 0 bridgehead atoms. The van der Waals surface area contributed by atoms with Gasteiger partial charge in [0.25, 0.3) is 8.32 Å². The molecule has 11 nitrogen and oxygen atoms in total. The largest absolute Gasteiger partial charge is 0.398 e. The van der Waals surface area contributed by atoms with Crippen molar-refractivity contribution in [2.45, 2.75) is 121 Å². The fourth-order valence-electron chi connectivity index (χ4n) is 9.64. The van der Waals surface area contributed by atoms with E-state index < -0.39 is 50.4 Å². The third-order valence-corrected chi connectivity index (χ3v) is 18.2. The number of amides is 4. The molecule has 2 fully saturated rings. The van der Waals surface area contributed by atoms with Crippen molar-refractivity contribution in [3.05, 3.63) is 133 Å². The van der Waals surface area contributed by atoms with Crippen LogP contribution in [0.5, 0.6) is 0 Å². The van der Waals surface area contributed by atoms with Crippen molar-refractivity contribution in [1.29, 1.82) is 0 Å². The monoisotopic (exact) mass is 881 g/mol. The van der Waals surface area contributed by atoms with Gasteiger partial charge in [-0.25, -0.2) is 0 Å². The Morgan fingerprint density at radius 1 is 0.719 bits per heavy atom. The molecule has 0 unspecified atom stereocenters. The molecule has 2 aliphatic rings. The van der Waals surface area contributed by atoms with Crippen LogP contribution in [0.1, 0.15) is 83.9 Å². The zero-order valence-electron chi connectivity index (χ0n) is 37.8. The van der Waals surface area contributed by atoms with E-state index in [0.29, 0.717) is 51.5 Å². The summed E-state index contributed by atoms with van der Waals surface area (Å²) < 4.78 is 9.08. The molecule has 0 saturated carbocycles. The molecular formula is C52H63N5O6Si. The SMILES string of the molecule is C[C@@H](O[Si](c1ccccc1)(c1ccccc1)C(C)(C)C)C(=O)CCCCC[C@@H]1NC(=O)[C@H]2CCCN2C(=O)[C@H](Cc2ccccc2)NC(=O)[C@H](Cc2cc3ccccc3n2C)NC1=O. The molecule has 3 N–H and O–H groups in total. The van der Waals surface area contributed by atoms with Crippen molar-refractivity contribution in [3.63, 3.8) is 0 Å². The first-order valence-electron chi connectivity index (χ1n) is 22.9. The zero-order chi connectivity index (χ0) is 45.4. The van der Waals surface area contributed by atoms with Gasteiger partial charge in [0.05, 0.1) is 0 Å². The van der Waals surface area contributed by atoms with Crippen LogP contribution in [0.25, 0.3) is 10.9 Å². The summed E-state index contributed by atoms with van der Waals surface area (Å²) in [7, 11) is -1.00. The number of aryl methyl sites for hydroxylation is 1. The number of hydrogen-bond donors (Lipinski definition) is 3. The smallest absolute Gasteiger partial charge is 0.262 e. The molecule has 2 saturated heterocycles. The molecule has 3 heterocycles. The number of carbonyl (C=O) groups excluding carboxylic acids is 5. The van der Waals surface area contributed by atoms with Gasteiger partial charge < -0.3 is 29.8 Å². The molecule has 7 rings (SSSR count). The second-order valence-corrected chi connectivity index (χ2v) is 22.8. The highest BCUT2D eigenvalue weighted by Gasteiger charge is 2.51. The lowest BCUT2D eigenvalue weighted by atomic mass is 10.0. The molecule has 64 heavy (non-hydrogen) atoms. The van der Waals surface area contributed by atoms with Crippen LogP contribution in [-0.2, 0) is 48.3 Å². The number of Topliss-reactive ketones (excluding diaryl/α,β-unsaturated/α-hetero) is 1. The van der Waals surface area contributed by atoms with Gasteiger partial charge in [0.15, 0.2) is 5.78 Å². The average molecular weight is 882 g/mol. The average Bonchev–Trinajstić information content (AvgIpc) is 3.91. The van der Waals surface area contributed by atoms with Crippen molar-refractivity contribution < 1.29 is 28.4 Å². The number of para-hydroxylation sites is 1. The Labute approximate surface area is 378 Å². The van der Waals surface area contributed by atoms with Gasteiger partial charge in [-0.3, -0.25) is 24.0 Å². The standard InChI is InChI=1S/C52H63N5O6Si/c1-36(63-64(52(2,3)4,40-24-12-7-13-25-40)41-26-14-8-15-27-41)47(58)31-17-9-16-28-42-48(59)54-43(35-39-34-38-23-18-19-29-45(38)56(39)5)49(60)55-44(33-37-21-10-6-11-22-37)51(62)57-32-20-30-46(57)50(61)53-42/h6-8,10-15,18-19,21-27,29,34,36,42-44,46H,9,16-17,20,28,30-33,35H2,1-5H3,(H,53,61)(H,54,59)(H,55,60)/t36-,42+,43+,44+,46-/m1/s1. The molecule has 4 amide bonds. The minimum Gasteiger partial charge on any atom is -0.398 e. The van der Waals surface area contributed by atoms with Crippen molar-refractivity contribution in [2.75, 3.05) is 6.54 Å². The number of benzene rings is 4. The Balaban J connectivity index is 1.06. The number of fused-ring (bicyclic) bond motifs is 2. The molecular weight excluding hydrogens is 819 g/mol. The summed E-state index contributed by atoms with van der Waals surface area (Å²) >= 11 is 0. The molecule has 0 aliphatic carbocycles. The normalized spacial score (nSPS) is 20.4. The number of nitrogens with one attached hydrogen (secondary N) is 3. The number of rotatable bonds is 15. The maximum atomic E-state index is 14.4. The van der Waals surface area contributed by atoms with Gasteiger partial charge in [-0.15, -0.1) is 0 Å². The van der Waals surface area contributed by atoms with E-state index in [9.17, 15) is 24.0 Å². The summed E-state index contributed by atoms with van der Waals surface area (Å²) in [4.78, 5) is 72.6. The van der Waals surface area contributed by atoms with Gasteiger partial charge in [-0.05, 0) is 71.1 Å². The lowest BCUT2D eigenvalue weighted by Gasteiger charge is -2.44. The van der Waals surface area contributed by atoms with Gasteiger partial charge in [-0.1, -0.05) is 143 Å². The second-order valence-electron chi connectivity index (χ2n) is 18.5. The second kappa shape index (κ2) is 20.3. The van der Waals surface area contributed by atoms with E-state index in [4.69, 9.17) is 4.43 Å². The quantitative estimate of drug-likeness (QED) is 0.0884. The summed E-state index contributed by atoms with van der Waals surface area (Å²) in [6.07, 6.45) is 3.19. The van der Waals surface area contributed by atoms with E-state index in [2.05, 4.69) is 61.0 Å². The summed E-state index contributed by atoms with van der Waals surface area (Å²) in [6.45, 7) is 8.81. The van der Waals surface area contributed by atoms with E-state index in [1.165, 1.54) is 0 Å². The van der Waals surface area contributed by atoms with E-state index in [1.54, 1.807) is 4.90 Å². The lowest BCUT2D eigenvalue weighted by Crippen LogP contribution is -2.68. The third kappa shape index (κ3) is 10.2. The maximum Gasteiger partial charge on any atom is 0.262 e. The fourth-order valence-corrected chi connectivity index (χ4v) is 14.3. The third-order valence-electron chi connectivity index (χ3n) is 13.1. The van der Waals surface area contributed by atoms with E-state index in [1.807, 2.05) is 116 Å². The number of nitrogens with zero attached hydrogens (tertiary/aromatic N) is 2. The highest BCUT2D eigenvalue weighted by Crippen LogP contribution is 2.38. The number of aromatic nitrogens is 1. The minimum atomic E-state index is -2.93. The van der Waals surface area contributed by atoms with Gasteiger partial charge in [0.2, 0.25) is 23.6 Å². The summed E-state index contributed by atoms with van der Waals surface area (Å²) in [6, 6.07) is 36.3. The highest BCUT2D eigenvalue weighted by atomic mass is 28.4. The number of hydrogen-bond acceptors (Lipinski definition) is 6. The number of carbonyl (C=O) groups is 5. The first-order valence-corrected chi connectivity index (χ1v) is 24.8. The van der Waals surface area contributed by atoms with Crippen LogP contribution in [-0.4, -0.2) is 84.0 Å². The predicted molar refractivity (Wildman–Crippen MR) is 254 cm³/mol. The van der Waals surface area contributed by atoms with Crippen molar-refractivity contribution in [2.24, 2.45) is 7.05 Å². The summed E-state index contributed by atoms with van der Waals surface area (Å²) in [5, 5.41) is 12.0. The van der Waals surface area contributed by atoms with Crippen LogP contribution >= 0.6 is 0 Å². The number of ketones is 1. The highest BCUT2D eigenvalue weighted by molar-refractivity contribution is 6.99. The summed E-state index contributed by atoms with van der Waals surface area (Å²) in [5.41, 5.74) is 2.69. The summed E-state index contributed by atoms with van der Waals surface area (Å²) in [5.74, 6) is -1.62. The van der Waals surface area contributed by atoms with E-state index in [-0.39, 0.29) is 35.5 Å². The van der Waals surface area contributed by atoms with Crippen LogP contribution in [0, 0.1) is 0 Å². The molecule has 12 heteroatoms. The molecule has 336 valence electrons. The van der Waals surface area contributed by atoms with E-state index >= 15 is 0 Å². The maximum absolute atomic E-state index is 14.4. The molecule has 2 aliphatic heterocycles. The van der Waals surface area contributed by atoms with Crippen LogP contribution in [0.3, 0.4) is 0 Å². The van der Waals surface area contributed by atoms with Crippen LogP contribution < -0.4 is 26.3 Å². The van der Waals surface area contributed by atoms with Crippen molar-refractivity contribution in [1.82, 2.24) is 25.4 Å². The Hall–Kier alpha value is -5.85. The topological polar surface area (TPSA) is 139 Å². The first-order chi connectivity index (χ1) is 30.8. The Kier molecular flexibility index (Phi) is 14.7. The predicted octanol–water partition coefficient (Wildman–Crippen LogP) is 5.91. The van der Waals surface area contributed by atoms with Crippen LogP contribution in [0.2, 0.25) is 5.04 Å². The van der Waals surface area contributed by atoms with E-state index in [0.717, 1.165) is 32.5 Å². The van der Waals surface area contributed by atoms with Crippen LogP contribution in [0.4, 0.5) is 0 Å². The minimum absolute atomic E-state index is 0.0174.